The van der Waals surface area contributed by atoms with E-state index in [2.05, 4.69) is 45.2 Å². The fourth-order valence-corrected chi connectivity index (χ4v) is 2.80. The lowest BCUT2D eigenvalue weighted by molar-refractivity contribution is 0.620. The number of nitrogen functional groups attached to an aromatic ring is 1. The van der Waals surface area contributed by atoms with Crippen LogP contribution in [0, 0.1) is 0 Å². The molecule has 102 valence electrons. The fourth-order valence-electron chi connectivity index (χ4n) is 2.42. The molecule has 0 radical (unpaired) electrons. The summed E-state index contributed by atoms with van der Waals surface area (Å²) in [5.74, 6) is 0.611. The number of rotatable bonds is 1. The van der Waals surface area contributed by atoms with E-state index in [0.717, 1.165) is 26.5 Å². The molecule has 1 aromatic heterocycles. The quantitative estimate of drug-likeness (QED) is 0.497. The highest BCUT2D eigenvalue weighted by atomic mass is 79.9. The molecule has 0 saturated carbocycles. The first kappa shape index (κ1) is 12.4. The van der Waals surface area contributed by atoms with Crippen molar-refractivity contribution in [2.75, 3.05) is 5.73 Å². The summed E-state index contributed by atoms with van der Waals surface area (Å²) in [5, 5.41) is 2.32. The molecule has 4 rings (SSSR count). The van der Waals surface area contributed by atoms with E-state index in [4.69, 9.17) is 10.2 Å². The molecule has 21 heavy (non-hydrogen) atoms. The summed E-state index contributed by atoms with van der Waals surface area (Å²) in [6.45, 7) is 0. The molecular weight excluding hydrogens is 328 g/mol. The van der Waals surface area contributed by atoms with Gasteiger partial charge in [0.2, 0.25) is 5.89 Å². The Morgan fingerprint density at radius 3 is 2.62 bits per heavy atom. The van der Waals surface area contributed by atoms with Gasteiger partial charge in [0.25, 0.3) is 0 Å². The zero-order chi connectivity index (χ0) is 14.4. The second kappa shape index (κ2) is 4.60. The van der Waals surface area contributed by atoms with Gasteiger partial charge < -0.3 is 10.2 Å². The molecule has 1 heterocycles. The molecule has 0 aliphatic heterocycles. The van der Waals surface area contributed by atoms with Crippen molar-refractivity contribution >= 4 is 43.5 Å². The van der Waals surface area contributed by atoms with Crippen LogP contribution in [0.2, 0.25) is 0 Å². The number of anilines is 1. The molecule has 4 aromatic rings. The minimum absolute atomic E-state index is 0.611. The number of aromatic nitrogens is 1. The van der Waals surface area contributed by atoms with Gasteiger partial charge >= 0.3 is 0 Å². The molecule has 4 heteroatoms. The first-order valence-corrected chi connectivity index (χ1v) is 7.34. The van der Waals surface area contributed by atoms with Crippen LogP contribution in [0.5, 0.6) is 0 Å². The molecule has 0 amide bonds. The molecule has 3 aromatic carbocycles. The maximum Gasteiger partial charge on any atom is 0.227 e. The van der Waals surface area contributed by atoms with Crippen LogP contribution in [0.1, 0.15) is 0 Å². The predicted molar refractivity (Wildman–Crippen MR) is 89.1 cm³/mol. The molecule has 0 unspecified atom stereocenters. The van der Waals surface area contributed by atoms with Crippen molar-refractivity contribution < 1.29 is 4.42 Å². The number of fused-ring (bicyclic) bond motifs is 2. The molecular formula is C17H11BrN2O. The molecule has 0 aliphatic carbocycles. The zero-order valence-electron chi connectivity index (χ0n) is 11.0. The van der Waals surface area contributed by atoms with E-state index in [0.29, 0.717) is 11.6 Å². The maximum atomic E-state index is 5.81. The first-order valence-electron chi connectivity index (χ1n) is 6.55. The lowest BCUT2D eigenvalue weighted by Crippen LogP contribution is -1.82. The highest BCUT2D eigenvalue weighted by Gasteiger charge is 2.09. The van der Waals surface area contributed by atoms with Crippen LogP contribution < -0.4 is 5.73 Å². The molecule has 0 bridgehead atoms. The van der Waals surface area contributed by atoms with E-state index in [1.54, 1.807) is 0 Å². The van der Waals surface area contributed by atoms with Gasteiger partial charge in [-0.3, -0.25) is 0 Å². The van der Waals surface area contributed by atoms with Crippen molar-refractivity contribution in [2.45, 2.75) is 0 Å². The normalized spacial score (nSPS) is 11.3. The Kier molecular flexibility index (Phi) is 2.72. The number of hydrogen-bond donors (Lipinski definition) is 1. The van der Waals surface area contributed by atoms with E-state index in [1.165, 1.54) is 5.39 Å². The molecule has 0 atom stereocenters. The third kappa shape index (κ3) is 2.17. The van der Waals surface area contributed by atoms with Crippen molar-refractivity contribution in [1.29, 1.82) is 0 Å². The summed E-state index contributed by atoms with van der Waals surface area (Å²) in [4.78, 5) is 4.51. The largest absolute Gasteiger partial charge is 0.436 e. The third-order valence-electron chi connectivity index (χ3n) is 3.46. The smallest absolute Gasteiger partial charge is 0.227 e. The van der Waals surface area contributed by atoms with E-state index in [-0.39, 0.29) is 0 Å². The lowest BCUT2D eigenvalue weighted by atomic mass is 10.1. The Balaban J connectivity index is 1.89. The number of nitrogens with zero attached hydrogens (tertiary/aromatic N) is 1. The van der Waals surface area contributed by atoms with Crippen molar-refractivity contribution in [2.24, 2.45) is 0 Å². The Hall–Kier alpha value is -2.33. The number of oxazole rings is 1. The van der Waals surface area contributed by atoms with Crippen LogP contribution in [-0.4, -0.2) is 4.98 Å². The first-order chi connectivity index (χ1) is 10.2. The van der Waals surface area contributed by atoms with Gasteiger partial charge in [-0.05, 0) is 53.2 Å². The Morgan fingerprint density at radius 1 is 0.905 bits per heavy atom. The maximum absolute atomic E-state index is 5.81. The predicted octanol–water partition coefficient (Wildman–Crippen LogP) is 4.99. The molecule has 0 saturated heterocycles. The van der Waals surface area contributed by atoms with Crippen molar-refractivity contribution in [1.82, 2.24) is 4.98 Å². The average Bonchev–Trinajstić information content (AvgIpc) is 2.89. The minimum Gasteiger partial charge on any atom is -0.436 e. The third-order valence-corrected chi connectivity index (χ3v) is 3.95. The van der Waals surface area contributed by atoms with Crippen LogP contribution in [-0.2, 0) is 0 Å². The molecule has 0 aliphatic rings. The van der Waals surface area contributed by atoms with Gasteiger partial charge in [-0.1, -0.05) is 28.1 Å². The minimum atomic E-state index is 0.611. The summed E-state index contributed by atoms with van der Waals surface area (Å²) in [7, 11) is 0. The number of hydrogen-bond acceptors (Lipinski definition) is 3. The average molecular weight is 339 g/mol. The fraction of sp³-hybridized carbons (Fsp3) is 0. The van der Waals surface area contributed by atoms with Gasteiger partial charge in [-0.2, -0.15) is 0 Å². The Labute approximate surface area is 129 Å². The van der Waals surface area contributed by atoms with Gasteiger partial charge in [-0.15, -0.1) is 0 Å². The van der Waals surface area contributed by atoms with E-state index < -0.39 is 0 Å². The topological polar surface area (TPSA) is 52.0 Å². The summed E-state index contributed by atoms with van der Waals surface area (Å²) in [6, 6.07) is 17.8. The van der Waals surface area contributed by atoms with Crippen LogP contribution in [0.3, 0.4) is 0 Å². The van der Waals surface area contributed by atoms with E-state index in [1.807, 2.05) is 30.3 Å². The van der Waals surface area contributed by atoms with Crippen LogP contribution in [0.4, 0.5) is 5.69 Å². The number of nitrogens with two attached hydrogens (primary N) is 1. The molecule has 0 spiro atoms. The molecule has 2 N–H and O–H groups in total. The van der Waals surface area contributed by atoms with Gasteiger partial charge in [0, 0.05) is 15.7 Å². The Morgan fingerprint density at radius 2 is 1.71 bits per heavy atom. The van der Waals surface area contributed by atoms with Crippen molar-refractivity contribution in [3.05, 3.63) is 59.1 Å². The van der Waals surface area contributed by atoms with Crippen LogP contribution >= 0.6 is 15.9 Å². The Bertz CT molecular complexity index is 975. The summed E-state index contributed by atoms with van der Waals surface area (Å²) >= 11 is 3.48. The zero-order valence-corrected chi connectivity index (χ0v) is 12.6. The van der Waals surface area contributed by atoms with Gasteiger partial charge in [0.15, 0.2) is 5.58 Å². The van der Waals surface area contributed by atoms with E-state index >= 15 is 0 Å². The van der Waals surface area contributed by atoms with Crippen molar-refractivity contribution in [3.63, 3.8) is 0 Å². The van der Waals surface area contributed by atoms with Crippen molar-refractivity contribution in [3.8, 4) is 11.5 Å². The van der Waals surface area contributed by atoms with Gasteiger partial charge in [0.1, 0.15) is 5.52 Å². The second-order valence-electron chi connectivity index (χ2n) is 4.95. The summed E-state index contributed by atoms with van der Waals surface area (Å²) < 4.78 is 6.88. The van der Waals surface area contributed by atoms with Crippen LogP contribution in [0.15, 0.2) is 63.5 Å². The number of benzene rings is 3. The standard InChI is InChI=1S/C17H11BrN2O/c18-13-4-3-10-7-12(2-1-11(10)8-13)17-20-15-9-14(19)5-6-16(15)21-17/h1-9H,19H2. The lowest BCUT2D eigenvalue weighted by Gasteiger charge is -2.01. The highest BCUT2D eigenvalue weighted by Crippen LogP contribution is 2.29. The summed E-state index contributed by atoms with van der Waals surface area (Å²) in [6.07, 6.45) is 0. The SMILES string of the molecule is Nc1ccc2oc(-c3ccc4cc(Br)ccc4c3)nc2c1. The monoisotopic (exact) mass is 338 g/mol. The number of halogens is 1. The van der Waals surface area contributed by atoms with E-state index in [9.17, 15) is 0 Å². The molecule has 3 nitrogen and oxygen atoms in total. The van der Waals surface area contributed by atoms with Gasteiger partial charge in [0.05, 0.1) is 0 Å². The highest BCUT2D eigenvalue weighted by molar-refractivity contribution is 9.10. The summed E-state index contributed by atoms with van der Waals surface area (Å²) in [5.41, 5.74) is 8.94. The second-order valence-corrected chi connectivity index (χ2v) is 5.87. The molecule has 0 fully saturated rings. The van der Waals surface area contributed by atoms with Crippen LogP contribution in [0.25, 0.3) is 33.3 Å². The van der Waals surface area contributed by atoms with Gasteiger partial charge in [-0.25, -0.2) is 4.98 Å².